The van der Waals surface area contributed by atoms with E-state index in [0.29, 0.717) is 10.6 Å². The van der Waals surface area contributed by atoms with Crippen LogP contribution in [0.2, 0.25) is 0 Å². The Morgan fingerprint density at radius 3 is 2.75 bits per heavy atom. The summed E-state index contributed by atoms with van der Waals surface area (Å²) in [6.45, 7) is 2.12. The number of benzene rings is 1. The van der Waals surface area contributed by atoms with Gasteiger partial charge in [-0.25, -0.2) is 0 Å². The lowest BCUT2D eigenvalue weighted by atomic mass is 9.98. The molecule has 0 radical (unpaired) electrons. The number of aryl methyl sites for hydroxylation is 1. The summed E-state index contributed by atoms with van der Waals surface area (Å²) in [5, 5.41) is 3.66. The van der Waals surface area contributed by atoms with Crippen LogP contribution in [0.15, 0.2) is 36.4 Å². The van der Waals surface area contributed by atoms with Crippen molar-refractivity contribution in [1.29, 1.82) is 0 Å². The molecule has 1 aliphatic rings. The summed E-state index contributed by atoms with van der Waals surface area (Å²) in [5.41, 5.74) is 2.10. The first-order chi connectivity index (χ1) is 13.5. The Hall–Kier alpha value is -2.93. The fraction of sp³-hybridized carbons (Fsp3) is 0.286. The molecule has 1 aliphatic heterocycles. The number of likely N-dealkylation sites (N-methyl/N-ethyl adjacent to an activating group) is 1. The van der Waals surface area contributed by atoms with Gasteiger partial charge in [-0.2, -0.15) is 0 Å². The lowest BCUT2D eigenvalue weighted by molar-refractivity contribution is -0.142. The monoisotopic (exact) mass is 395 g/mol. The highest BCUT2D eigenvalue weighted by molar-refractivity contribution is 7.14. The second-order valence-electron chi connectivity index (χ2n) is 6.99. The van der Waals surface area contributed by atoms with Crippen LogP contribution in [-0.2, 0) is 22.4 Å². The molecule has 2 aromatic heterocycles. The minimum atomic E-state index is -0.674. The molecule has 0 unspecified atom stereocenters. The number of hydrogen-bond donors (Lipinski definition) is 2. The summed E-state index contributed by atoms with van der Waals surface area (Å²) in [6.07, 6.45) is 1.15. The fourth-order valence-corrected chi connectivity index (χ4v) is 4.52. The summed E-state index contributed by atoms with van der Waals surface area (Å²) in [7, 11) is 1.62. The van der Waals surface area contributed by atoms with Crippen LogP contribution >= 0.6 is 11.3 Å². The maximum absolute atomic E-state index is 13.2. The number of fused-ring (bicyclic) bond motifs is 1. The van der Waals surface area contributed by atoms with Gasteiger partial charge >= 0.3 is 0 Å². The van der Waals surface area contributed by atoms with Gasteiger partial charge < -0.3 is 15.2 Å². The lowest BCUT2D eigenvalue weighted by Gasteiger charge is -2.29. The van der Waals surface area contributed by atoms with Gasteiger partial charge in [-0.05, 0) is 30.2 Å². The highest BCUT2D eigenvalue weighted by Gasteiger charge is 2.32. The summed E-state index contributed by atoms with van der Waals surface area (Å²) in [4.78, 5) is 44.2. The van der Waals surface area contributed by atoms with Gasteiger partial charge in [-0.15, -0.1) is 11.3 Å². The van der Waals surface area contributed by atoms with Crippen LogP contribution in [0, 0.1) is 0 Å². The van der Waals surface area contributed by atoms with Gasteiger partial charge in [0.15, 0.2) is 0 Å². The minimum Gasteiger partial charge on any atom is -0.352 e. The Morgan fingerprint density at radius 1 is 1.21 bits per heavy atom. The number of thiophene rings is 1. The summed E-state index contributed by atoms with van der Waals surface area (Å²) >= 11 is 1.49. The van der Waals surface area contributed by atoms with Gasteiger partial charge in [0.05, 0.1) is 17.1 Å². The molecule has 1 atom stereocenters. The molecular weight excluding hydrogens is 374 g/mol. The Kier molecular flexibility index (Phi) is 4.77. The average Bonchev–Trinajstić information content (AvgIpc) is 3.30. The van der Waals surface area contributed by atoms with Crippen molar-refractivity contribution in [3.63, 3.8) is 0 Å². The van der Waals surface area contributed by atoms with E-state index >= 15 is 0 Å². The molecular formula is C21H21N3O3S. The Morgan fingerprint density at radius 2 is 2.00 bits per heavy atom. The van der Waals surface area contributed by atoms with Crippen molar-refractivity contribution in [2.75, 3.05) is 13.6 Å². The van der Waals surface area contributed by atoms with E-state index in [2.05, 4.69) is 17.2 Å². The molecule has 6 nitrogen and oxygen atoms in total. The molecule has 144 valence electrons. The highest BCUT2D eigenvalue weighted by atomic mass is 32.1. The van der Waals surface area contributed by atoms with Crippen molar-refractivity contribution in [2.45, 2.75) is 25.8 Å². The number of aromatic amines is 1. The number of piperazine rings is 1. The number of nitrogens with zero attached hydrogens (tertiary/aromatic N) is 1. The Balaban J connectivity index is 1.76. The highest BCUT2D eigenvalue weighted by Crippen LogP contribution is 2.28. The maximum atomic E-state index is 13.2. The summed E-state index contributed by atoms with van der Waals surface area (Å²) < 4.78 is 0. The SMILES string of the molecule is CCc1ccc(C(=O)c2[nH]c3ccccc3c2C[C@@H]2NC(=O)CN(C)C2=O)s1. The number of nitrogens with one attached hydrogen (secondary N) is 2. The second kappa shape index (κ2) is 7.24. The molecule has 1 aromatic carbocycles. The molecule has 28 heavy (non-hydrogen) atoms. The standard InChI is InChI=1S/C21H21N3O3S/c1-3-12-8-9-17(28-12)20(26)19-14(13-6-4-5-7-15(13)23-19)10-16-21(27)24(2)11-18(25)22-16/h4-9,16,23H,3,10-11H2,1-2H3,(H,22,25)/t16-/m0/s1. The molecule has 2 amide bonds. The predicted octanol–water partition coefficient (Wildman–Crippen LogP) is 2.52. The van der Waals surface area contributed by atoms with E-state index in [-0.39, 0.29) is 30.6 Å². The van der Waals surface area contributed by atoms with Gasteiger partial charge in [0.25, 0.3) is 0 Å². The van der Waals surface area contributed by atoms with Crippen LogP contribution in [0.4, 0.5) is 0 Å². The number of H-pyrrole nitrogens is 1. The number of hydrogen-bond acceptors (Lipinski definition) is 4. The van der Waals surface area contributed by atoms with Gasteiger partial charge in [-0.3, -0.25) is 14.4 Å². The third-order valence-corrected chi connectivity index (χ3v) is 6.30. The number of carbonyl (C=O) groups excluding carboxylic acids is 3. The summed E-state index contributed by atoms with van der Waals surface area (Å²) in [5.74, 6) is -0.419. The Labute approximate surface area is 166 Å². The molecule has 2 N–H and O–H groups in total. The zero-order chi connectivity index (χ0) is 19.8. The quantitative estimate of drug-likeness (QED) is 0.652. The van der Waals surface area contributed by atoms with Crippen LogP contribution in [0.5, 0.6) is 0 Å². The van der Waals surface area contributed by atoms with Gasteiger partial charge in [0.1, 0.15) is 6.04 Å². The van der Waals surface area contributed by atoms with E-state index in [9.17, 15) is 14.4 Å². The van der Waals surface area contributed by atoms with E-state index in [1.807, 2.05) is 36.4 Å². The van der Waals surface area contributed by atoms with Crippen molar-refractivity contribution >= 4 is 39.8 Å². The second-order valence-corrected chi connectivity index (χ2v) is 8.16. The van der Waals surface area contributed by atoms with Gasteiger partial charge in [-0.1, -0.05) is 25.1 Å². The van der Waals surface area contributed by atoms with E-state index in [1.54, 1.807) is 7.05 Å². The number of para-hydroxylation sites is 1. The smallest absolute Gasteiger partial charge is 0.245 e. The molecule has 0 bridgehead atoms. The van der Waals surface area contributed by atoms with E-state index < -0.39 is 6.04 Å². The number of ketones is 1. The normalized spacial score (nSPS) is 17.2. The topological polar surface area (TPSA) is 82.3 Å². The molecule has 0 spiro atoms. The first-order valence-corrected chi connectivity index (χ1v) is 10.1. The summed E-state index contributed by atoms with van der Waals surface area (Å²) in [6, 6.07) is 10.8. The van der Waals surface area contributed by atoms with Crippen LogP contribution in [0.3, 0.4) is 0 Å². The third-order valence-electron chi connectivity index (χ3n) is 5.07. The number of amides is 2. The zero-order valence-corrected chi connectivity index (χ0v) is 16.6. The molecule has 0 saturated carbocycles. The van der Waals surface area contributed by atoms with Gasteiger partial charge in [0, 0.05) is 29.2 Å². The fourth-order valence-electron chi connectivity index (χ4n) is 3.62. The largest absolute Gasteiger partial charge is 0.352 e. The number of aromatic nitrogens is 1. The van der Waals surface area contributed by atoms with Crippen LogP contribution in [0.25, 0.3) is 10.9 Å². The van der Waals surface area contributed by atoms with Crippen molar-refractivity contribution in [2.24, 2.45) is 0 Å². The van der Waals surface area contributed by atoms with Crippen molar-refractivity contribution in [3.05, 3.63) is 57.4 Å². The first kappa shape index (κ1) is 18.4. The van der Waals surface area contributed by atoms with Crippen LogP contribution < -0.4 is 5.32 Å². The first-order valence-electron chi connectivity index (χ1n) is 9.25. The number of rotatable bonds is 5. The van der Waals surface area contributed by atoms with Crippen LogP contribution in [0.1, 0.15) is 32.7 Å². The zero-order valence-electron chi connectivity index (χ0n) is 15.7. The average molecular weight is 395 g/mol. The van der Waals surface area contributed by atoms with Gasteiger partial charge in [0.2, 0.25) is 17.6 Å². The van der Waals surface area contributed by atoms with Crippen molar-refractivity contribution in [1.82, 2.24) is 15.2 Å². The van der Waals surface area contributed by atoms with E-state index in [4.69, 9.17) is 0 Å². The molecule has 3 aromatic rings. The van der Waals surface area contributed by atoms with Crippen molar-refractivity contribution < 1.29 is 14.4 Å². The Bertz CT molecular complexity index is 1080. The molecule has 7 heteroatoms. The minimum absolute atomic E-state index is 0.0595. The van der Waals surface area contributed by atoms with E-state index in [0.717, 1.165) is 27.8 Å². The molecule has 0 aliphatic carbocycles. The maximum Gasteiger partial charge on any atom is 0.245 e. The molecule has 4 rings (SSSR count). The third kappa shape index (κ3) is 3.22. The molecule has 3 heterocycles. The number of carbonyl (C=O) groups is 3. The van der Waals surface area contributed by atoms with Crippen molar-refractivity contribution in [3.8, 4) is 0 Å². The van der Waals surface area contributed by atoms with E-state index in [1.165, 1.54) is 16.2 Å². The molecule has 1 fully saturated rings. The lowest BCUT2D eigenvalue weighted by Crippen LogP contribution is -2.57. The van der Waals surface area contributed by atoms with Crippen LogP contribution in [-0.4, -0.2) is 47.1 Å². The predicted molar refractivity (Wildman–Crippen MR) is 109 cm³/mol. The molecule has 1 saturated heterocycles.